The maximum atomic E-state index is 13.3. The Bertz CT molecular complexity index is 493. The van der Waals surface area contributed by atoms with Gasteiger partial charge in [-0.3, -0.25) is 4.79 Å². The number of carbonyl (C=O) groups excluding carboxylic acids is 1. The van der Waals surface area contributed by atoms with E-state index < -0.39 is 5.82 Å². The van der Waals surface area contributed by atoms with Crippen LogP contribution < -0.4 is 5.73 Å². The number of nitrogens with two attached hydrogens (primary N) is 1. The summed E-state index contributed by atoms with van der Waals surface area (Å²) in [7, 11) is 0. The van der Waals surface area contributed by atoms with Crippen LogP contribution in [-0.2, 0) is 0 Å². The van der Waals surface area contributed by atoms with Crippen LogP contribution in [0, 0.1) is 11.7 Å². The summed E-state index contributed by atoms with van der Waals surface area (Å²) in [6.45, 7) is 3.71. The fourth-order valence-electron chi connectivity index (χ4n) is 2.56. The maximum absolute atomic E-state index is 13.3. The number of amides is 1. The second-order valence-corrected chi connectivity index (χ2v) is 5.90. The van der Waals surface area contributed by atoms with Gasteiger partial charge in [0.1, 0.15) is 5.82 Å². The van der Waals surface area contributed by atoms with Gasteiger partial charge in [-0.2, -0.15) is 0 Å². The number of rotatable bonds is 3. The number of carbonyl (C=O) groups is 1. The highest BCUT2D eigenvalue weighted by Gasteiger charge is 2.27. The Morgan fingerprint density at radius 2 is 2.32 bits per heavy atom. The van der Waals surface area contributed by atoms with Crippen molar-refractivity contribution in [3.8, 4) is 0 Å². The van der Waals surface area contributed by atoms with Gasteiger partial charge in [-0.15, -0.1) is 0 Å². The zero-order valence-corrected chi connectivity index (χ0v) is 12.5. The van der Waals surface area contributed by atoms with Crippen molar-refractivity contribution in [1.82, 2.24) is 4.90 Å². The molecule has 0 aliphatic carbocycles. The molecule has 5 heteroatoms. The first-order chi connectivity index (χ1) is 9.02. The number of likely N-dealkylation sites (tertiary alicyclic amines) is 1. The Labute approximate surface area is 121 Å². The highest BCUT2D eigenvalue weighted by molar-refractivity contribution is 9.10. The molecule has 19 heavy (non-hydrogen) atoms. The average Bonchev–Trinajstić information content (AvgIpc) is 2.82. The van der Waals surface area contributed by atoms with Crippen LogP contribution in [0.1, 0.15) is 36.5 Å². The summed E-state index contributed by atoms with van der Waals surface area (Å²) in [5, 5.41) is 0. The number of nitrogens with zero attached hydrogens (tertiary/aromatic N) is 1. The Morgan fingerprint density at radius 1 is 1.58 bits per heavy atom. The number of hydrogen-bond donors (Lipinski definition) is 1. The molecule has 104 valence electrons. The second kappa shape index (κ2) is 5.90. The van der Waals surface area contributed by atoms with Gasteiger partial charge in [-0.05, 0) is 46.8 Å². The van der Waals surface area contributed by atoms with Crippen LogP contribution in [0.5, 0.6) is 0 Å². The van der Waals surface area contributed by atoms with Crippen LogP contribution in [-0.4, -0.2) is 23.9 Å². The van der Waals surface area contributed by atoms with Gasteiger partial charge in [0.2, 0.25) is 0 Å². The third-order valence-electron chi connectivity index (χ3n) is 3.59. The van der Waals surface area contributed by atoms with Gasteiger partial charge in [0, 0.05) is 17.6 Å². The molecule has 1 heterocycles. The average molecular weight is 329 g/mol. The molecule has 1 aliphatic heterocycles. The highest BCUT2D eigenvalue weighted by Crippen LogP contribution is 2.27. The molecule has 2 rings (SSSR count). The summed E-state index contributed by atoms with van der Waals surface area (Å²) in [5.41, 5.74) is 5.99. The summed E-state index contributed by atoms with van der Waals surface area (Å²) in [6, 6.07) is 2.66. The monoisotopic (exact) mass is 328 g/mol. The van der Waals surface area contributed by atoms with Crippen LogP contribution in [0.4, 0.5) is 10.1 Å². The Balaban J connectivity index is 2.15. The molecule has 1 aromatic carbocycles. The summed E-state index contributed by atoms with van der Waals surface area (Å²) in [5.74, 6) is 0.0106. The molecule has 3 nitrogen and oxygen atoms in total. The first kappa shape index (κ1) is 14.3. The lowest BCUT2D eigenvalue weighted by atomic mass is 10.0. The van der Waals surface area contributed by atoms with E-state index in [0.29, 0.717) is 16.0 Å². The van der Waals surface area contributed by atoms with Crippen molar-refractivity contribution in [1.29, 1.82) is 0 Å². The minimum absolute atomic E-state index is 0.0101. The van der Waals surface area contributed by atoms with Crippen molar-refractivity contribution in [3.63, 3.8) is 0 Å². The molecule has 1 fully saturated rings. The summed E-state index contributed by atoms with van der Waals surface area (Å²) in [6.07, 6.45) is 3.34. The molecular weight excluding hydrogens is 311 g/mol. The largest absolute Gasteiger partial charge is 0.396 e. The SMILES string of the molecule is CCCC1CCN(C(=O)c2cc(N)c(F)cc2Br)C1. The molecule has 1 aliphatic rings. The Kier molecular flexibility index (Phi) is 4.45. The second-order valence-electron chi connectivity index (χ2n) is 5.05. The minimum Gasteiger partial charge on any atom is -0.396 e. The van der Waals surface area contributed by atoms with Crippen LogP contribution in [0.2, 0.25) is 0 Å². The van der Waals surface area contributed by atoms with E-state index in [4.69, 9.17) is 5.73 Å². The topological polar surface area (TPSA) is 46.3 Å². The molecule has 1 unspecified atom stereocenters. The van der Waals surface area contributed by atoms with E-state index in [0.717, 1.165) is 32.4 Å². The molecule has 1 atom stereocenters. The molecule has 0 saturated carbocycles. The van der Waals surface area contributed by atoms with E-state index in [1.807, 2.05) is 4.90 Å². The van der Waals surface area contributed by atoms with Crippen molar-refractivity contribution in [2.75, 3.05) is 18.8 Å². The van der Waals surface area contributed by atoms with Crippen molar-refractivity contribution >= 4 is 27.5 Å². The van der Waals surface area contributed by atoms with Crippen LogP contribution in [0.3, 0.4) is 0 Å². The molecule has 0 aromatic heterocycles. The number of nitrogen functional groups attached to an aromatic ring is 1. The number of anilines is 1. The predicted molar refractivity (Wildman–Crippen MR) is 77.4 cm³/mol. The number of halogens is 2. The molecule has 0 spiro atoms. The number of benzene rings is 1. The van der Waals surface area contributed by atoms with Crippen LogP contribution in [0.25, 0.3) is 0 Å². The van der Waals surface area contributed by atoms with Crippen molar-refractivity contribution in [2.45, 2.75) is 26.2 Å². The molecule has 0 radical (unpaired) electrons. The summed E-state index contributed by atoms with van der Waals surface area (Å²) in [4.78, 5) is 14.2. The van der Waals surface area contributed by atoms with Crippen LogP contribution in [0.15, 0.2) is 16.6 Å². The minimum atomic E-state index is -0.506. The van der Waals surface area contributed by atoms with Crippen molar-refractivity contribution in [3.05, 3.63) is 28.0 Å². The van der Waals surface area contributed by atoms with E-state index in [-0.39, 0.29) is 11.6 Å². The smallest absolute Gasteiger partial charge is 0.255 e. The van der Waals surface area contributed by atoms with Gasteiger partial charge < -0.3 is 10.6 Å². The fourth-order valence-corrected chi connectivity index (χ4v) is 3.05. The molecular formula is C14H18BrFN2O. The first-order valence-corrected chi connectivity index (χ1v) is 7.36. The molecule has 0 bridgehead atoms. The zero-order valence-electron chi connectivity index (χ0n) is 11.0. The van der Waals surface area contributed by atoms with E-state index in [1.54, 1.807) is 0 Å². The third-order valence-corrected chi connectivity index (χ3v) is 4.24. The maximum Gasteiger partial charge on any atom is 0.255 e. The van der Waals surface area contributed by atoms with E-state index in [2.05, 4.69) is 22.9 Å². The third kappa shape index (κ3) is 3.08. The summed E-state index contributed by atoms with van der Waals surface area (Å²) < 4.78 is 13.7. The standard InChI is InChI=1S/C14H18BrFN2O/c1-2-3-9-4-5-18(8-9)14(19)10-6-13(17)12(16)7-11(10)15/h6-7,9H,2-5,8,17H2,1H3. The van der Waals surface area contributed by atoms with E-state index >= 15 is 0 Å². The van der Waals surface area contributed by atoms with E-state index in [1.165, 1.54) is 12.1 Å². The Morgan fingerprint density at radius 3 is 3.00 bits per heavy atom. The van der Waals surface area contributed by atoms with Crippen molar-refractivity contribution in [2.24, 2.45) is 5.92 Å². The molecule has 1 saturated heterocycles. The van der Waals surface area contributed by atoms with Gasteiger partial charge in [0.05, 0.1) is 11.3 Å². The Hall–Kier alpha value is -1.10. The molecule has 1 aromatic rings. The van der Waals surface area contributed by atoms with Crippen molar-refractivity contribution < 1.29 is 9.18 Å². The zero-order chi connectivity index (χ0) is 14.0. The number of hydrogen-bond acceptors (Lipinski definition) is 2. The lowest BCUT2D eigenvalue weighted by molar-refractivity contribution is 0.0785. The van der Waals surface area contributed by atoms with Gasteiger partial charge in [0.25, 0.3) is 5.91 Å². The van der Waals surface area contributed by atoms with Gasteiger partial charge >= 0.3 is 0 Å². The predicted octanol–water partition coefficient (Wildman–Crippen LogP) is 3.43. The molecule has 2 N–H and O–H groups in total. The highest BCUT2D eigenvalue weighted by atomic mass is 79.9. The quantitative estimate of drug-likeness (QED) is 0.864. The fraction of sp³-hybridized carbons (Fsp3) is 0.500. The van der Waals surface area contributed by atoms with Gasteiger partial charge in [0.15, 0.2) is 0 Å². The van der Waals surface area contributed by atoms with Gasteiger partial charge in [-0.1, -0.05) is 13.3 Å². The van der Waals surface area contributed by atoms with E-state index in [9.17, 15) is 9.18 Å². The van der Waals surface area contributed by atoms with Crippen LogP contribution >= 0.6 is 15.9 Å². The normalized spacial score (nSPS) is 18.9. The summed E-state index contributed by atoms with van der Waals surface area (Å²) >= 11 is 3.23. The van der Waals surface area contributed by atoms with Gasteiger partial charge in [-0.25, -0.2) is 4.39 Å². The molecule has 1 amide bonds. The lowest BCUT2D eigenvalue weighted by Crippen LogP contribution is -2.29. The lowest BCUT2D eigenvalue weighted by Gasteiger charge is -2.18. The first-order valence-electron chi connectivity index (χ1n) is 6.56.